The summed E-state index contributed by atoms with van der Waals surface area (Å²) in [6.45, 7) is 4.21. The first-order valence-electron chi connectivity index (χ1n) is 16.5. The van der Waals surface area contributed by atoms with E-state index in [0.717, 1.165) is 0 Å². The highest BCUT2D eigenvalue weighted by Gasteiger charge is 2.64. The van der Waals surface area contributed by atoms with Crippen LogP contribution in [-0.2, 0) is 14.2 Å². The lowest BCUT2D eigenvalue weighted by molar-refractivity contribution is -0.327. The topological polar surface area (TPSA) is 164 Å². The molecule has 4 aliphatic rings. The van der Waals surface area contributed by atoms with Crippen LogP contribution in [0.15, 0.2) is 97.1 Å². The van der Waals surface area contributed by atoms with E-state index in [1.165, 1.54) is 0 Å². The van der Waals surface area contributed by atoms with Gasteiger partial charge in [-0.15, -0.1) is 0 Å². The second kappa shape index (κ2) is 18.2. The van der Waals surface area contributed by atoms with Crippen LogP contribution in [0, 0.1) is 5.41 Å². The number of esters is 6. The summed E-state index contributed by atoms with van der Waals surface area (Å²) < 4.78 is 82.7. The Kier molecular flexibility index (Phi) is 14.3. The van der Waals surface area contributed by atoms with E-state index in [9.17, 15) is 64.7 Å². The Morgan fingerprint density at radius 3 is 0.702 bits per heavy atom. The van der Waals surface area contributed by atoms with Crippen molar-refractivity contribution in [2.45, 2.75) is 46.5 Å². The van der Waals surface area contributed by atoms with Crippen LogP contribution in [0.2, 0.25) is 0 Å². The second-order valence-electron chi connectivity index (χ2n) is 11.9. The fourth-order valence-corrected chi connectivity index (χ4v) is 4.57. The van der Waals surface area contributed by atoms with Crippen molar-refractivity contribution >= 4 is 47.4 Å². The van der Waals surface area contributed by atoms with Gasteiger partial charge >= 0.3 is 48.2 Å². The quantitative estimate of drug-likeness (QED) is 0.0724. The Balaban J connectivity index is 0.000000189. The molecule has 1 aliphatic carbocycles. The van der Waals surface area contributed by atoms with Gasteiger partial charge in [-0.1, -0.05) is 74.5 Å². The van der Waals surface area contributed by atoms with Crippen LogP contribution in [0.1, 0.15) is 117 Å². The standard InChI is InChI=1S/C9H6O2.3C8H4O3.C5H6F6.C2H6/c10-8-5-9(11)7-4-2-1-3-6(7)8;3*9-7-5-3-1-2-4-6(5)8(10)11-7;1-3(2,4(6,7)8)5(9,10)11;1-2/h1-4H,5H2;3*1-4H;1-2H3;1-2H3. The van der Waals surface area contributed by atoms with E-state index in [1.807, 2.05) is 13.8 Å². The first-order valence-corrected chi connectivity index (χ1v) is 16.5. The third-order valence-electron chi connectivity index (χ3n) is 7.92. The molecule has 4 aromatic carbocycles. The van der Waals surface area contributed by atoms with Crippen LogP contribution in [0.4, 0.5) is 26.3 Å². The number of hydrogen-bond acceptors (Lipinski definition) is 11. The van der Waals surface area contributed by atoms with Crippen LogP contribution in [0.25, 0.3) is 0 Å². The molecule has 298 valence electrons. The molecule has 0 bridgehead atoms. The van der Waals surface area contributed by atoms with E-state index < -0.39 is 53.6 Å². The molecule has 0 saturated carbocycles. The minimum absolute atomic E-state index is 0.0504. The number of fused-ring (bicyclic) bond motifs is 4. The van der Waals surface area contributed by atoms with Gasteiger partial charge in [0, 0.05) is 11.1 Å². The molecule has 0 saturated heterocycles. The van der Waals surface area contributed by atoms with E-state index in [1.54, 1.807) is 97.1 Å². The van der Waals surface area contributed by atoms with Gasteiger partial charge in [-0.2, -0.15) is 26.3 Å². The molecule has 17 heteroatoms. The van der Waals surface area contributed by atoms with E-state index in [-0.39, 0.29) is 31.8 Å². The number of cyclic esters (lactones) is 6. The number of benzene rings is 4. The van der Waals surface area contributed by atoms with Crippen LogP contribution in [0.5, 0.6) is 0 Å². The molecule has 0 radical (unpaired) electrons. The lowest BCUT2D eigenvalue weighted by atomic mass is 9.92. The smallest absolute Gasteiger partial charge is 0.386 e. The second-order valence-corrected chi connectivity index (χ2v) is 11.9. The first kappa shape index (κ1) is 44.6. The van der Waals surface area contributed by atoms with Crippen molar-refractivity contribution in [3.8, 4) is 0 Å². The van der Waals surface area contributed by atoms with Crippen LogP contribution >= 0.6 is 0 Å². The number of ketones is 2. The zero-order chi connectivity index (χ0) is 42.9. The summed E-state index contributed by atoms with van der Waals surface area (Å²) in [4.78, 5) is 87.1. The molecule has 0 atom stereocenters. The summed E-state index contributed by atoms with van der Waals surface area (Å²) in [5.74, 6) is -3.40. The fourth-order valence-electron chi connectivity index (χ4n) is 4.57. The minimum Gasteiger partial charge on any atom is -0.386 e. The molecule has 57 heavy (non-hydrogen) atoms. The van der Waals surface area contributed by atoms with Crippen molar-refractivity contribution in [2.75, 3.05) is 0 Å². The molecule has 3 heterocycles. The lowest BCUT2D eigenvalue weighted by Crippen LogP contribution is -2.44. The highest BCUT2D eigenvalue weighted by molar-refractivity contribution is 6.24. The molecule has 0 amide bonds. The summed E-state index contributed by atoms with van der Waals surface area (Å²) in [5, 5.41) is 0. The fraction of sp³-hybridized carbons (Fsp3) is 0.200. The van der Waals surface area contributed by atoms with E-state index in [2.05, 4.69) is 14.2 Å². The molecule has 0 N–H and O–H groups in total. The molecular formula is C40H30F6O11. The number of hydrogen-bond donors (Lipinski definition) is 0. The third kappa shape index (κ3) is 10.3. The Morgan fingerprint density at radius 1 is 0.368 bits per heavy atom. The van der Waals surface area contributed by atoms with Crippen LogP contribution < -0.4 is 0 Å². The molecule has 0 aromatic heterocycles. The summed E-state index contributed by atoms with van der Waals surface area (Å²) >= 11 is 0. The number of halogens is 6. The van der Waals surface area contributed by atoms with Gasteiger partial charge in [-0.3, -0.25) is 9.59 Å². The number of rotatable bonds is 0. The van der Waals surface area contributed by atoms with Gasteiger partial charge in [0.05, 0.1) is 39.8 Å². The Hall–Kier alpha value is -6.78. The van der Waals surface area contributed by atoms with Gasteiger partial charge in [-0.05, 0) is 50.2 Å². The monoisotopic (exact) mass is 800 g/mol. The van der Waals surface area contributed by atoms with Gasteiger partial charge in [0.15, 0.2) is 17.0 Å². The highest BCUT2D eigenvalue weighted by atomic mass is 19.4. The van der Waals surface area contributed by atoms with Gasteiger partial charge in [0.2, 0.25) is 0 Å². The van der Waals surface area contributed by atoms with Crippen LogP contribution in [0.3, 0.4) is 0 Å². The molecule has 3 aliphatic heterocycles. The van der Waals surface area contributed by atoms with E-state index in [4.69, 9.17) is 0 Å². The highest BCUT2D eigenvalue weighted by Crippen LogP contribution is 2.49. The number of Topliss-reactive ketones (excluding diaryl/α,β-unsaturated/α-hetero) is 2. The number of carbonyl (C=O) groups excluding carboxylic acids is 8. The Morgan fingerprint density at radius 2 is 0.544 bits per heavy atom. The normalized spacial score (nSPS) is 14.4. The van der Waals surface area contributed by atoms with Crippen molar-refractivity contribution in [1.29, 1.82) is 0 Å². The van der Waals surface area contributed by atoms with Crippen LogP contribution in [-0.4, -0.2) is 59.7 Å². The minimum atomic E-state index is -5.24. The third-order valence-corrected chi connectivity index (χ3v) is 7.92. The van der Waals surface area contributed by atoms with Gasteiger partial charge in [0.1, 0.15) is 0 Å². The summed E-state index contributed by atoms with van der Waals surface area (Å²) in [6, 6.07) is 26.5. The molecular weight excluding hydrogens is 770 g/mol. The number of carbonyl (C=O) groups is 8. The summed E-state index contributed by atoms with van der Waals surface area (Å²) in [6.07, 6.45) is -10.4. The number of alkyl halides is 6. The first-order chi connectivity index (χ1) is 26.7. The number of ether oxygens (including phenoxy) is 3. The van der Waals surface area contributed by atoms with Crippen molar-refractivity contribution in [3.63, 3.8) is 0 Å². The van der Waals surface area contributed by atoms with Crippen molar-refractivity contribution in [1.82, 2.24) is 0 Å². The zero-order valence-corrected chi connectivity index (χ0v) is 30.2. The largest absolute Gasteiger partial charge is 0.402 e. The van der Waals surface area contributed by atoms with Gasteiger partial charge in [-0.25, -0.2) is 28.8 Å². The average molecular weight is 801 g/mol. The van der Waals surface area contributed by atoms with Gasteiger partial charge in [0.25, 0.3) is 0 Å². The van der Waals surface area contributed by atoms with Crippen molar-refractivity contribution < 1.29 is 78.9 Å². The van der Waals surface area contributed by atoms with E-state index in [0.29, 0.717) is 44.5 Å². The maximum absolute atomic E-state index is 11.6. The molecule has 8 rings (SSSR count). The summed E-state index contributed by atoms with van der Waals surface area (Å²) in [5.41, 5.74) is -0.310. The molecule has 11 nitrogen and oxygen atoms in total. The summed E-state index contributed by atoms with van der Waals surface area (Å²) in [7, 11) is 0. The predicted molar refractivity (Wildman–Crippen MR) is 186 cm³/mol. The lowest BCUT2D eigenvalue weighted by Gasteiger charge is -2.29. The SMILES string of the molecule is CC.CC(C)(C(F)(F)F)C(F)(F)F.O=C1CC(=O)c2ccccc21.O=C1OC(=O)c2ccccc21.O=C1OC(=O)c2ccccc21.O=C1OC(=O)c2ccccc21. The Labute approximate surface area is 319 Å². The van der Waals surface area contributed by atoms with Crippen molar-refractivity contribution in [3.05, 3.63) is 142 Å². The molecule has 0 fully saturated rings. The average Bonchev–Trinajstić information content (AvgIpc) is 3.85. The van der Waals surface area contributed by atoms with Gasteiger partial charge < -0.3 is 14.2 Å². The van der Waals surface area contributed by atoms with E-state index >= 15 is 0 Å². The maximum Gasteiger partial charge on any atom is 0.402 e. The maximum atomic E-state index is 11.6. The predicted octanol–water partition coefficient (Wildman–Crippen LogP) is 8.61. The molecule has 4 aromatic rings. The zero-order valence-electron chi connectivity index (χ0n) is 30.2. The van der Waals surface area contributed by atoms with Crippen molar-refractivity contribution in [2.24, 2.45) is 5.41 Å². The molecule has 0 spiro atoms. The molecule has 0 unspecified atom stereocenters. The Bertz CT molecular complexity index is 1810.